The van der Waals surface area contributed by atoms with Gasteiger partial charge in [-0.05, 0) is 45.5 Å². The highest BCUT2D eigenvalue weighted by Crippen LogP contribution is 2.39. The highest BCUT2D eigenvalue weighted by atomic mass is 14.2. The Labute approximate surface area is 119 Å². The lowest BCUT2D eigenvalue weighted by Crippen LogP contribution is -1.71. The molecular weight excluding hydrogens is 240 g/mol. The maximum Gasteiger partial charge on any atom is -0.0105 e. The summed E-state index contributed by atoms with van der Waals surface area (Å²) in [6.45, 7) is 0. The quantitative estimate of drug-likeness (QED) is 0.417. The minimum absolute atomic E-state index is 1.29. The van der Waals surface area contributed by atoms with E-state index in [4.69, 9.17) is 0 Å². The minimum atomic E-state index is 1.29. The van der Waals surface area contributed by atoms with Crippen molar-refractivity contribution in [2.45, 2.75) is 0 Å². The van der Waals surface area contributed by atoms with Gasteiger partial charge >= 0.3 is 0 Å². The van der Waals surface area contributed by atoms with Crippen molar-refractivity contribution < 1.29 is 0 Å². The summed E-state index contributed by atoms with van der Waals surface area (Å²) >= 11 is 0. The zero-order valence-electron chi connectivity index (χ0n) is 11.1. The third-order valence-electron chi connectivity index (χ3n) is 3.83. The van der Waals surface area contributed by atoms with E-state index >= 15 is 0 Å². The summed E-state index contributed by atoms with van der Waals surface area (Å²) in [5, 5.41) is 0. The first-order valence-electron chi connectivity index (χ1n) is 6.89. The van der Waals surface area contributed by atoms with Crippen LogP contribution in [0.2, 0.25) is 0 Å². The first-order chi connectivity index (χ1) is 9.92. The fourth-order valence-electron chi connectivity index (χ4n) is 2.84. The Kier molecular flexibility index (Phi) is 2.53. The van der Waals surface area contributed by atoms with Crippen molar-refractivity contribution in [1.82, 2.24) is 0 Å². The summed E-state index contributed by atoms with van der Waals surface area (Å²) in [6, 6.07) is 30.2. The molecule has 0 radical (unpaired) electrons. The van der Waals surface area contributed by atoms with Crippen molar-refractivity contribution in [3.63, 3.8) is 0 Å². The van der Waals surface area contributed by atoms with Gasteiger partial charge in [-0.1, -0.05) is 72.8 Å². The smallest absolute Gasteiger partial charge is 0.0105 e. The first-order valence-corrected chi connectivity index (χ1v) is 6.89. The van der Waals surface area contributed by atoms with Crippen LogP contribution >= 0.6 is 0 Å². The van der Waals surface area contributed by atoms with Crippen LogP contribution in [0.5, 0.6) is 0 Å². The Hall–Kier alpha value is -2.60. The molecule has 0 aromatic carbocycles. The lowest BCUT2D eigenvalue weighted by molar-refractivity contribution is 1.78. The zero-order valence-corrected chi connectivity index (χ0v) is 11.1. The standard InChI is InChI=1S/C20H14/c1-4-8-16-13-18(14-17(16)9-5-1)20-12-11-15-7-3-2-6-10-19(15)20/h1-14H. The van der Waals surface area contributed by atoms with Crippen molar-refractivity contribution in [3.8, 4) is 33.4 Å². The molecule has 0 amide bonds. The molecular formula is C20H14. The van der Waals surface area contributed by atoms with Gasteiger partial charge < -0.3 is 0 Å². The average Bonchev–Trinajstić information content (AvgIpc) is 2.87. The van der Waals surface area contributed by atoms with Gasteiger partial charge in [-0.15, -0.1) is 0 Å². The third-order valence-corrected chi connectivity index (χ3v) is 3.83. The van der Waals surface area contributed by atoms with Crippen LogP contribution in [0, 0.1) is 0 Å². The highest BCUT2D eigenvalue weighted by molar-refractivity contribution is 5.90. The molecule has 94 valence electrons. The van der Waals surface area contributed by atoms with Gasteiger partial charge in [0.05, 0.1) is 0 Å². The van der Waals surface area contributed by atoms with Crippen molar-refractivity contribution in [3.05, 3.63) is 84.9 Å². The Balaban J connectivity index is 1.94. The van der Waals surface area contributed by atoms with Crippen molar-refractivity contribution in [2.24, 2.45) is 0 Å². The fourth-order valence-corrected chi connectivity index (χ4v) is 2.84. The second kappa shape index (κ2) is 4.50. The first kappa shape index (κ1) is 11.2. The molecule has 0 aromatic heterocycles. The van der Waals surface area contributed by atoms with Gasteiger partial charge in [0.25, 0.3) is 0 Å². The highest BCUT2D eigenvalue weighted by Gasteiger charge is 2.12. The molecule has 0 bridgehead atoms. The normalized spacial score (nSPS) is 11.0. The van der Waals surface area contributed by atoms with Crippen LogP contribution in [0.25, 0.3) is 33.4 Å². The van der Waals surface area contributed by atoms with Crippen LogP contribution in [0.4, 0.5) is 0 Å². The molecule has 0 heteroatoms. The van der Waals surface area contributed by atoms with Gasteiger partial charge in [0, 0.05) is 0 Å². The van der Waals surface area contributed by atoms with Crippen LogP contribution in [0.15, 0.2) is 84.9 Å². The van der Waals surface area contributed by atoms with E-state index in [0.29, 0.717) is 0 Å². The molecule has 0 N–H and O–H groups in total. The molecule has 0 saturated heterocycles. The molecule has 0 aliphatic heterocycles. The lowest BCUT2D eigenvalue weighted by Gasteiger charge is -1.98. The Bertz CT molecular complexity index is 782. The van der Waals surface area contributed by atoms with E-state index in [1.54, 1.807) is 0 Å². The molecule has 0 atom stereocenters. The van der Waals surface area contributed by atoms with Gasteiger partial charge in [0.15, 0.2) is 0 Å². The maximum absolute atomic E-state index is 2.27. The predicted molar refractivity (Wildman–Crippen MR) is 85.1 cm³/mol. The summed E-state index contributed by atoms with van der Waals surface area (Å²) in [5.41, 5.74) is 7.80. The summed E-state index contributed by atoms with van der Waals surface area (Å²) in [7, 11) is 0. The molecule has 0 spiro atoms. The topological polar surface area (TPSA) is 0 Å². The molecule has 0 nitrogen and oxygen atoms in total. The maximum atomic E-state index is 2.27. The summed E-state index contributed by atoms with van der Waals surface area (Å²) in [6.07, 6.45) is 0. The molecule has 0 unspecified atom stereocenters. The summed E-state index contributed by atoms with van der Waals surface area (Å²) in [5.74, 6) is 0. The van der Waals surface area contributed by atoms with E-state index < -0.39 is 0 Å². The number of rotatable bonds is 1. The van der Waals surface area contributed by atoms with Gasteiger partial charge in [0.2, 0.25) is 0 Å². The second-order valence-corrected chi connectivity index (χ2v) is 5.09. The van der Waals surface area contributed by atoms with Crippen molar-refractivity contribution in [2.75, 3.05) is 0 Å². The number of hydrogen-bond donors (Lipinski definition) is 0. The van der Waals surface area contributed by atoms with Gasteiger partial charge in [0.1, 0.15) is 0 Å². The van der Waals surface area contributed by atoms with E-state index in [1.165, 1.54) is 33.4 Å². The zero-order chi connectivity index (χ0) is 13.4. The molecule has 4 rings (SSSR count). The summed E-state index contributed by atoms with van der Waals surface area (Å²) < 4.78 is 0. The van der Waals surface area contributed by atoms with E-state index in [9.17, 15) is 0 Å². The van der Waals surface area contributed by atoms with Crippen LogP contribution < -0.4 is 0 Å². The Morgan fingerprint density at radius 1 is 0.350 bits per heavy atom. The monoisotopic (exact) mass is 254 g/mol. The van der Waals surface area contributed by atoms with Crippen LogP contribution in [0.3, 0.4) is 0 Å². The molecule has 0 fully saturated rings. The fraction of sp³-hybridized carbons (Fsp3) is 0. The largest absolute Gasteiger partial charge is 0.0622 e. The van der Waals surface area contributed by atoms with E-state index in [0.717, 1.165) is 0 Å². The molecule has 0 heterocycles. The van der Waals surface area contributed by atoms with E-state index in [2.05, 4.69) is 84.9 Å². The second-order valence-electron chi connectivity index (χ2n) is 5.09. The van der Waals surface area contributed by atoms with E-state index in [1.807, 2.05) is 0 Å². The van der Waals surface area contributed by atoms with E-state index in [-0.39, 0.29) is 0 Å². The summed E-state index contributed by atoms with van der Waals surface area (Å²) in [4.78, 5) is 0. The number of fused-ring (bicyclic) bond motifs is 2. The SMILES string of the molecule is c1ccc2cc(-c3ccc4cccccc3-4)cc-2cc1. The third kappa shape index (κ3) is 1.78. The Morgan fingerprint density at radius 3 is 1.60 bits per heavy atom. The van der Waals surface area contributed by atoms with Gasteiger partial charge in [-0.3, -0.25) is 0 Å². The lowest BCUT2D eigenvalue weighted by atomic mass is 10.1. The van der Waals surface area contributed by atoms with Crippen LogP contribution in [0.1, 0.15) is 0 Å². The van der Waals surface area contributed by atoms with Crippen LogP contribution in [-0.2, 0) is 0 Å². The van der Waals surface area contributed by atoms with Gasteiger partial charge in [-0.2, -0.15) is 0 Å². The molecule has 4 aliphatic rings. The molecule has 0 aromatic rings. The van der Waals surface area contributed by atoms with Crippen LogP contribution in [-0.4, -0.2) is 0 Å². The molecule has 0 saturated carbocycles. The predicted octanol–water partition coefficient (Wildman–Crippen LogP) is 5.56. The molecule has 20 heavy (non-hydrogen) atoms. The Morgan fingerprint density at radius 2 is 0.900 bits per heavy atom. The molecule has 4 aliphatic carbocycles. The average molecular weight is 254 g/mol. The van der Waals surface area contributed by atoms with Gasteiger partial charge in [-0.25, -0.2) is 0 Å². The van der Waals surface area contributed by atoms with Crippen molar-refractivity contribution in [1.29, 1.82) is 0 Å². The number of hydrogen-bond acceptors (Lipinski definition) is 0. The van der Waals surface area contributed by atoms with Crippen molar-refractivity contribution >= 4 is 0 Å². The minimum Gasteiger partial charge on any atom is -0.0622 e.